The van der Waals surface area contributed by atoms with E-state index in [9.17, 15) is 9.50 Å². The molecule has 0 aliphatic rings. The third-order valence-corrected chi connectivity index (χ3v) is 3.19. The fourth-order valence-corrected chi connectivity index (χ4v) is 2.14. The molecule has 0 unspecified atom stereocenters. The molecule has 0 atom stereocenters. The van der Waals surface area contributed by atoms with Gasteiger partial charge in [0.2, 0.25) is 0 Å². The van der Waals surface area contributed by atoms with Crippen LogP contribution in [-0.4, -0.2) is 24.1 Å². The number of hydrogen-bond acceptors (Lipinski definition) is 3. The highest BCUT2D eigenvalue weighted by Gasteiger charge is 2.13. The van der Waals surface area contributed by atoms with Crippen molar-refractivity contribution in [3.05, 3.63) is 65.5 Å². The summed E-state index contributed by atoms with van der Waals surface area (Å²) in [4.78, 5) is 1.76. The Balaban J connectivity index is 2.27. The van der Waals surface area contributed by atoms with E-state index in [0.717, 1.165) is 5.56 Å². The zero-order chi connectivity index (χ0) is 15.2. The fraction of sp³-hybridized carbons (Fsp3) is 0.188. The summed E-state index contributed by atoms with van der Waals surface area (Å²) in [5.74, 6) is -0.621. The van der Waals surface area contributed by atoms with Crippen LogP contribution in [0.5, 0.6) is 0 Å². The predicted octanol–water partition coefficient (Wildman–Crippen LogP) is 2.11. The summed E-state index contributed by atoms with van der Waals surface area (Å²) in [5, 5.41) is 16.5. The van der Waals surface area contributed by atoms with Crippen LogP contribution in [0, 0.1) is 11.2 Å². The van der Waals surface area contributed by atoms with Crippen molar-refractivity contribution in [2.24, 2.45) is 5.73 Å². The molecule has 0 saturated carbocycles. The second kappa shape index (κ2) is 6.85. The molecule has 2 aromatic carbocycles. The van der Waals surface area contributed by atoms with Crippen LogP contribution in [0.15, 0.2) is 48.5 Å². The Bertz CT molecular complexity index is 616. The normalized spacial score (nSPS) is 10.4. The van der Waals surface area contributed by atoms with Gasteiger partial charge in [-0.3, -0.25) is 5.41 Å². The molecule has 0 fully saturated rings. The van der Waals surface area contributed by atoms with Crippen molar-refractivity contribution < 1.29 is 9.50 Å². The zero-order valence-electron chi connectivity index (χ0n) is 11.6. The van der Waals surface area contributed by atoms with Crippen LogP contribution in [0.2, 0.25) is 0 Å². The van der Waals surface area contributed by atoms with Crippen LogP contribution in [0.3, 0.4) is 0 Å². The number of nitrogens with one attached hydrogen (secondary N) is 1. The first kappa shape index (κ1) is 15.0. The molecule has 0 aliphatic carbocycles. The molecule has 0 saturated heterocycles. The average Bonchev–Trinajstić information content (AvgIpc) is 2.48. The van der Waals surface area contributed by atoms with E-state index in [0.29, 0.717) is 24.3 Å². The fourth-order valence-electron chi connectivity index (χ4n) is 2.14. The van der Waals surface area contributed by atoms with Crippen molar-refractivity contribution >= 4 is 11.5 Å². The monoisotopic (exact) mass is 287 g/mol. The molecule has 0 bridgehead atoms. The van der Waals surface area contributed by atoms with E-state index in [4.69, 9.17) is 11.1 Å². The number of nitrogen functional groups attached to an aromatic ring is 1. The number of nitrogens with two attached hydrogens (primary N) is 1. The maximum absolute atomic E-state index is 14.2. The summed E-state index contributed by atoms with van der Waals surface area (Å²) < 4.78 is 14.2. The van der Waals surface area contributed by atoms with Crippen molar-refractivity contribution in [1.82, 2.24) is 0 Å². The lowest BCUT2D eigenvalue weighted by molar-refractivity contribution is 0.301. The molecule has 0 radical (unpaired) electrons. The average molecular weight is 287 g/mol. The van der Waals surface area contributed by atoms with Crippen LogP contribution in [0.4, 0.5) is 10.1 Å². The van der Waals surface area contributed by atoms with Gasteiger partial charge in [-0.25, -0.2) is 4.39 Å². The Hall–Kier alpha value is -2.40. The number of aliphatic hydroxyl groups excluding tert-OH is 1. The Morgan fingerprint density at radius 2 is 1.90 bits per heavy atom. The molecule has 0 heterocycles. The molecule has 2 aromatic rings. The van der Waals surface area contributed by atoms with Crippen molar-refractivity contribution in [2.75, 3.05) is 18.1 Å². The lowest BCUT2D eigenvalue weighted by Crippen LogP contribution is -2.27. The molecule has 4 N–H and O–H groups in total. The van der Waals surface area contributed by atoms with Crippen LogP contribution < -0.4 is 10.6 Å². The van der Waals surface area contributed by atoms with Crippen LogP contribution in [-0.2, 0) is 6.54 Å². The molecule has 0 aromatic heterocycles. The van der Waals surface area contributed by atoms with Gasteiger partial charge in [0.1, 0.15) is 11.7 Å². The van der Waals surface area contributed by atoms with Crippen LogP contribution >= 0.6 is 0 Å². The highest BCUT2D eigenvalue weighted by Crippen LogP contribution is 2.22. The summed E-state index contributed by atoms with van der Waals surface area (Å²) in [6.45, 7) is 0.754. The van der Waals surface area contributed by atoms with Crippen LogP contribution in [0.1, 0.15) is 11.1 Å². The molecule has 4 nitrogen and oxygen atoms in total. The van der Waals surface area contributed by atoms with Gasteiger partial charge in [-0.15, -0.1) is 0 Å². The third kappa shape index (κ3) is 3.79. The van der Waals surface area contributed by atoms with E-state index in [1.165, 1.54) is 6.07 Å². The smallest absolute Gasteiger partial charge is 0.147 e. The molecule has 110 valence electrons. The SMILES string of the molecule is N=C(N)c1ccc(N(CCO)Cc2ccccc2)c(F)c1. The highest BCUT2D eigenvalue weighted by atomic mass is 19.1. The molecule has 21 heavy (non-hydrogen) atoms. The first-order valence-corrected chi connectivity index (χ1v) is 6.65. The van der Waals surface area contributed by atoms with E-state index < -0.39 is 5.82 Å². The van der Waals surface area contributed by atoms with Gasteiger partial charge < -0.3 is 15.7 Å². The molecular weight excluding hydrogens is 269 g/mol. The van der Waals surface area contributed by atoms with Gasteiger partial charge in [-0.05, 0) is 23.8 Å². The van der Waals surface area contributed by atoms with Gasteiger partial charge in [-0.2, -0.15) is 0 Å². The number of benzene rings is 2. The summed E-state index contributed by atoms with van der Waals surface area (Å²) >= 11 is 0. The first-order valence-electron chi connectivity index (χ1n) is 6.65. The standard InChI is InChI=1S/C16H18FN3O/c17-14-10-13(16(18)19)6-7-15(14)20(8-9-21)11-12-4-2-1-3-5-12/h1-7,10,21H,8-9,11H2,(H3,18,19). The van der Waals surface area contributed by atoms with Gasteiger partial charge in [0.25, 0.3) is 0 Å². The minimum Gasteiger partial charge on any atom is -0.395 e. The topological polar surface area (TPSA) is 73.3 Å². The summed E-state index contributed by atoms with van der Waals surface area (Å²) in [7, 11) is 0. The predicted molar refractivity (Wildman–Crippen MR) is 82.0 cm³/mol. The van der Waals surface area contributed by atoms with Crippen LogP contribution in [0.25, 0.3) is 0 Å². The van der Waals surface area contributed by atoms with Gasteiger partial charge in [-0.1, -0.05) is 30.3 Å². The number of halogens is 1. The number of anilines is 1. The van der Waals surface area contributed by atoms with E-state index in [1.807, 2.05) is 30.3 Å². The van der Waals surface area contributed by atoms with Crippen molar-refractivity contribution in [1.29, 1.82) is 5.41 Å². The first-order chi connectivity index (χ1) is 10.1. The molecule has 5 heteroatoms. The molecule has 0 aliphatic heterocycles. The summed E-state index contributed by atoms with van der Waals surface area (Å²) in [6, 6.07) is 14.1. The van der Waals surface area contributed by atoms with Gasteiger partial charge in [0.05, 0.1) is 12.3 Å². The largest absolute Gasteiger partial charge is 0.395 e. The second-order valence-corrected chi connectivity index (χ2v) is 4.71. The Morgan fingerprint density at radius 3 is 2.48 bits per heavy atom. The third-order valence-electron chi connectivity index (χ3n) is 3.19. The Labute approximate surface area is 123 Å². The lowest BCUT2D eigenvalue weighted by atomic mass is 10.1. The highest BCUT2D eigenvalue weighted by molar-refractivity contribution is 5.95. The number of rotatable bonds is 6. The molecule has 2 rings (SSSR count). The van der Waals surface area contributed by atoms with E-state index in [1.54, 1.807) is 17.0 Å². The van der Waals surface area contributed by atoms with Gasteiger partial charge >= 0.3 is 0 Å². The van der Waals surface area contributed by atoms with Crippen molar-refractivity contribution in [2.45, 2.75) is 6.54 Å². The molecule has 0 spiro atoms. The Morgan fingerprint density at radius 1 is 1.19 bits per heavy atom. The second-order valence-electron chi connectivity index (χ2n) is 4.71. The lowest BCUT2D eigenvalue weighted by Gasteiger charge is -2.25. The Kier molecular flexibility index (Phi) is 4.90. The summed E-state index contributed by atoms with van der Waals surface area (Å²) in [5.41, 5.74) is 7.12. The number of nitrogens with zero attached hydrogens (tertiary/aromatic N) is 1. The quantitative estimate of drug-likeness (QED) is 0.563. The molecular formula is C16H18FN3O. The minimum absolute atomic E-state index is 0.0687. The number of hydrogen-bond donors (Lipinski definition) is 3. The van der Waals surface area contributed by atoms with Gasteiger partial charge in [0, 0.05) is 18.7 Å². The van der Waals surface area contributed by atoms with Crippen molar-refractivity contribution in [3.8, 4) is 0 Å². The maximum Gasteiger partial charge on any atom is 0.147 e. The number of amidine groups is 1. The maximum atomic E-state index is 14.2. The van der Waals surface area contributed by atoms with Crippen molar-refractivity contribution in [3.63, 3.8) is 0 Å². The minimum atomic E-state index is -0.452. The zero-order valence-corrected chi connectivity index (χ0v) is 11.6. The van der Waals surface area contributed by atoms with Gasteiger partial charge in [0.15, 0.2) is 0 Å². The van der Waals surface area contributed by atoms with E-state index >= 15 is 0 Å². The summed E-state index contributed by atoms with van der Waals surface area (Å²) in [6.07, 6.45) is 0. The number of aliphatic hydroxyl groups is 1. The molecule has 0 amide bonds. The van der Waals surface area contributed by atoms with E-state index in [2.05, 4.69) is 0 Å². The van der Waals surface area contributed by atoms with E-state index in [-0.39, 0.29) is 12.4 Å².